The SMILES string of the molecule is CC1(c2ccccc2)Sc2ccc(Cl)cc21. The molecule has 0 radical (unpaired) electrons. The Morgan fingerprint density at radius 1 is 1.06 bits per heavy atom. The van der Waals surface area contributed by atoms with Gasteiger partial charge in [-0.15, -0.1) is 11.8 Å². The molecule has 0 saturated carbocycles. The van der Waals surface area contributed by atoms with Crippen LogP contribution >= 0.6 is 23.4 Å². The number of hydrogen-bond acceptors (Lipinski definition) is 1. The van der Waals surface area contributed by atoms with Gasteiger partial charge in [0.25, 0.3) is 0 Å². The molecule has 0 aromatic heterocycles. The minimum absolute atomic E-state index is 0.0709. The molecule has 0 saturated heterocycles. The highest BCUT2D eigenvalue weighted by Gasteiger charge is 2.40. The molecule has 0 N–H and O–H groups in total. The minimum Gasteiger partial charge on any atom is -0.110 e. The van der Waals surface area contributed by atoms with Gasteiger partial charge in [0.1, 0.15) is 0 Å². The van der Waals surface area contributed by atoms with E-state index in [4.69, 9.17) is 11.6 Å². The summed E-state index contributed by atoms with van der Waals surface area (Å²) in [6.07, 6.45) is 0. The van der Waals surface area contributed by atoms with E-state index in [0.29, 0.717) is 0 Å². The quantitative estimate of drug-likeness (QED) is 0.702. The molecule has 1 aliphatic heterocycles. The minimum atomic E-state index is 0.0709. The average molecular weight is 247 g/mol. The largest absolute Gasteiger partial charge is 0.110 e. The molecule has 0 fully saturated rings. The highest BCUT2D eigenvalue weighted by Crippen LogP contribution is 2.58. The van der Waals surface area contributed by atoms with Crippen molar-refractivity contribution in [3.63, 3.8) is 0 Å². The van der Waals surface area contributed by atoms with Crippen molar-refractivity contribution in [1.82, 2.24) is 0 Å². The van der Waals surface area contributed by atoms with Crippen LogP contribution in [0, 0.1) is 0 Å². The molecule has 2 aromatic rings. The number of hydrogen-bond donors (Lipinski definition) is 0. The van der Waals surface area contributed by atoms with Crippen molar-refractivity contribution in [2.24, 2.45) is 0 Å². The van der Waals surface area contributed by atoms with Crippen LogP contribution in [0.1, 0.15) is 18.1 Å². The molecular weight excluding hydrogens is 236 g/mol. The molecule has 0 aliphatic carbocycles. The van der Waals surface area contributed by atoms with Gasteiger partial charge in [0, 0.05) is 9.92 Å². The predicted molar refractivity (Wildman–Crippen MR) is 70.2 cm³/mol. The molecule has 1 unspecified atom stereocenters. The van der Waals surface area contributed by atoms with E-state index in [0.717, 1.165) is 5.02 Å². The van der Waals surface area contributed by atoms with Gasteiger partial charge in [0.15, 0.2) is 0 Å². The lowest BCUT2D eigenvalue weighted by molar-refractivity contribution is 0.776. The first-order chi connectivity index (χ1) is 7.70. The monoisotopic (exact) mass is 246 g/mol. The first-order valence-corrected chi connectivity index (χ1v) is 6.44. The third-order valence-corrected chi connectivity index (χ3v) is 4.77. The van der Waals surface area contributed by atoms with Crippen molar-refractivity contribution < 1.29 is 0 Å². The maximum atomic E-state index is 6.06. The molecule has 0 nitrogen and oxygen atoms in total. The molecule has 3 rings (SSSR count). The lowest BCUT2D eigenvalue weighted by Gasteiger charge is -2.40. The molecule has 2 heteroatoms. The number of thioether (sulfide) groups is 1. The van der Waals surface area contributed by atoms with E-state index in [2.05, 4.69) is 49.4 Å². The Morgan fingerprint density at radius 3 is 2.56 bits per heavy atom. The predicted octanol–water partition coefficient (Wildman–Crippen LogP) is 4.71. The van der Waals surface area contributed by atoms with Crippen LogP contribution in [0.4, 0.5) is 0 Å². The van der Waals surface area contributed by atoms with E-state index < -0.39 is 0 Å². The van der Waals surface area contributed by atoms with Gasteiger partial charge in [-0.1, -0.05) is 41.9 Å². The summed E-state index contributed by atoms with van der Waals surface area (Å²) in [5, 5.41) is 0.821. The van der Waals surface area contributed by atoms with Gasteiger partial charge in [0.2, 0.25) is 0 Å². The van der Waals surface area contributed by atoms with Gasteiger partial charge < -0.3 is 0 Å². The zero-order valence-corrected chi connectivity index (χ0v) is 10.5. The van der Waals surface area contributed by atoms with Gasteiger partial charge >= 0.3 is 0 Å². The van der Waals surface area contributed by atoms with Crippen LogP contribution in [0.2, 0.25) is 5.02 Å². The Kier molecular flexibility index (Phi) is 2.27. The second-order valence-electron chi connectivity index (χ2n) is 4.14. The summed E-state index contributed by atoms with van der Waals surface area (Å²) in [7, 11) is 0. The Hall–Kier alpha value is -0.920. The standard InChI is InChI=1S/C14H11ClS/c1-14(10-5-3-2-4-6-10)12-9-11(15)7-8-13(12)16-14/h2-9H,1H3. The molecule has 1 aliphatic rings. The molecule has 1 heterocycles. The highest BCUT2D eigenvalue weighted by atomic mass is 35.5. The maximum absolute atomic E-state index is 6.06. The van der Waals surface area contributed by atoms with Gasteiger partial charge in [-0.3, -0.25) is 0 Å². The van der Waals surface area contributed by atoms with Crippen LogP contribution in [0.5, 0.6) is 0 Å². The summed E-state index contributed by atoms with van der Waals surface area (Å²) in [5.41, 5.74) is 2.69. The third kappa shape index (κ3) is 1.39. The lowest BCUT2D eigenvalue weighted by Crippen LogP contribution is -2.27. The van der Waals surface area contributed by atoms with E-state index in [1.54, 1.807) is 0 Å². The van der Waals surface area contributed by atoms with E-state index in [9.17, 15) is 0 Å². The van der Waals surface area contributed by atoms with E-state index in [1.807, 2.05) is 17.8 Å². The van der Waals surface area contributed by atoms with E-state index >= 15 is 0 Å². The number of benzene rings is 2. The molecule has 16 heavy (non-hydrogen) atoms. The van der Waals surface area contributed by atoms with Gasteiger partial charge in [-0.05, 0) is 36.2 Å². The van der Waals surface area contributed by atoms with E-state index in [-0.39, 0.29) is 4.75 Å². The van der Waals surface area contributed by atoms with Crippen molar-refractivity contribution in [3.05, 3.63) is 64.7 Å². The second-order valence-corrected chi connectivity index (χ2v) is 6.04. The van der Waals surface area contributed by atoms with Crippen LogP contribution in [0.3, 0.4) is 0 Å². The molecular formula is C14H11ClS. The van der Waals surface area contributed by atoms with Crippen molar-refractivity contribution >= 4 is 23.4 Å². The Balaban J connectivity index is 2.11. The first kappa shape index (κ1) is 10.2. The smallest absolute Gasteiger partial charge is 0.0687 e. The van der Waals surface area contributed by atoms with Crippen molar-refractivity contribution in [1.29, 1.82) is 0 Å². The normalized spacial score (nSPS) is 22.4. The maximum Gasteiger partial charge on any atom is 0.0687 e. The summed E-state index contributed by atoms with van der Waals surface area (Å²) >= 11 is 7.96. The zero-order chi connectivity index (χ0) is 11.2. The van der Waals surface area contributed by atoms with Gasteiger partial charge in [0.05, 0.1) is 4.75 Å². The Labute approximate surface area is 105 Å². The van der Waals surface area contributed by atoms with Crippen molar-refractivity contribution in [2.75, 3.05) is 0 Å². The molecule has 0 spiro atoms. The Morgan fingerprint density at radius 2 is 1.81 bits per heavy atom. The first-order valence-electron chi connectivity index (χ1n) is 5.25. The molecule has 2 aromatic carbocycles. The summed E-state index contributed by atoms with van der Waals surface area (Å²) < 4.78 is 0.0709. The average Bonchev–Trinajstić information content (AvgIpc) is 2.31. The molecule has 80 valence electrons. The van der Waals surface area contributed by atoms with E-state index in [1.165, 1.54) is 16.0 Å². The summed E-state index contributed by atoms with van der Waals surface area (Å²) in [4.78, 5) is 1.34. The van der Waals surface area contributed by atoms with Crippen molar-refractivity contribution in [3.8, 4) is 0 Å². The fourth-order valence-electron chi connectivity index (χ4n) is 2.16. The fraction of sp³-hybridized carbons (Fsp3) is 0.143. The fourth-order valence-corrected chi connectivity index (χ4v) is 3.66. The second kappa shape index (κ2) is 3.54. The van der Waals surface area contributed by atoms with Gasteiger partial charge in [-0.25, -0.2) is 0 Å². The Bertz CT molecular complexity index is 536. The van der Waals surface area contributed by atoms with Crippen LogP contribution in [-0.2, 0) is 4.75 Å². The number of fused-ring (bicyclic) bond motifs is 1. The zero-order valence-electron chi connectivity index (χ0n) is 8.91. The molecule has 0 bridgehead atoms. The van der Waals surface area contributed by atoms with Crippen molar-refractivity contribution in [2.45, 2.75) is 16.6 Å². The highest BCUT2D eigenvalue weighted by molar-refractivity contribution is 8.02. The van der Waals surface area contributed by atoms with Gasteiger partial charge in [-0.2, -0.15) is 0 Å². The summed E-state index contributed by atoms with van der Waals surface area (Å²) in [6.45, 7) is 2.26. The topological polar surface area (TPSA) is 0 Å². The number of halogens is 1. The number of rotatable bonds is 1. The van der Waals surface area contributed by atoms with Crippen LogP contribution in [0.15, 0.2) is 53.4 Å². The van der Waals surface area contributed by atoms with Crippen LogP contribution in [-0.4, -0.2) is 0 Å². The third-order valence-electron chi connectivity index (χ3n) is 3.09. The molecule has 0 amide bonds. The summed E-state index contributed by atoms with van der Waals surface area (Å²) in [6, 6.07) is 16.7. The molecule has 1 atom stereocenters. The van der Waals surface area contributed by atoms with Crippen LogP contribution < -0.4 is 0 Å². The van der Waals surface area contributed by atoms with Crippen LogP contribution in [0.25, 0.3) is 0 Å². The lowest BCUT2D eigenvalue weighted by atomic mass is 9.91. The summed E-state index contributed by atoms with van der Waals surface area (Å²) in [5.74, 6) is 0.